The van der Waals surface area contributed by atoms with Crippen molar-refractivity contribution in [3.63, 3.8) is 0 Å². The van der Waals surface area contributed by atoms with E-state index in [1.807, 2.05) is 0 Å². The van der Waals surface area contributed by atoms with E-state index in [0.29, 0.717) is 22.5 Å². The van der Waals surface area contributed by atoms with Crippen molar-refractivity contribution in [2.75, 3.05) is 0 Å². The maximum atomic E-state index is 12.4. The van der Waals surface area contributed by atoms with Crippen molar-refractivity contribution in [3.05, 3.63) is 11.6 Å². The summed E-state index contributed by atoms with van der Waals surface area (Å²) in [6, 6.07) is 0. The number of ketones is 1. The second-order valence-corrected chi connectivity index (χ2v) is 9.13. The van der Waals surface area contributed by atoms with Gasteiger partial charge in [-0.2, -0.15) is 0 Å². The standard InChI is InChI=1S/C19H27ClO/c1-18-9-7-13(20)11-12(18)3-4-14-15-5-6-17(21)19(15,2)10-8-16(14)18/h3,13-16H,4-11H2,1-2H3/t13-,14+,15-,16+,18-,19-/m0/s1. The van der Waals surface area contributed by atoms with Gasteiger partial charge in [0.1, 0.15) is 5.78 Å². The van der Waals surface area contributed by atoms with Gasteiger partial charge >= 0.3 is 0 Å². The van der Waals surface area contributed by atoms with E-state index in [2.05, 4.69) is 19.9 Å². The maximum absolute atomic E-state index is 12.4. The second-order valence-electron chi connectivity index (χ2n) is 8.52. The smallest absolute Gasteiger partial charge is 0.139 e. The summed E-state index contributed by atoms with van der Waals surface area (Å²) in [7, 11) is 0. The molecule has 0 heterocycles. The highest BCUT2D eigenvalue weighted by atomic mass is 35.5. The second kappa shape index (κ2) is 4.60. The van der Waals surface area contributed by atoms with Crippen LogP contribution in [-0.4, -0.2) is 11.2 Å². The molecule has 4 aliphatic rings. The minimum absolute atomic E-state index is 0.00650. The predicted octanol–water partition coefficient (Wildman–Crippen LogP) is 5.13. The molecule has 1 nitrogen and oxygen atoms in total. The van der Waals surface area contributed by atoms with Crippen LogP contribution in [0.3, 0.4) is 0 Å². The molecule has 0 amide bonds. The molecule has 0 aliphatic heterocycles. The van der Waals surface area contributed by atoms with Crippen LogP contribution in [0.2, 0.25) is 0 Å². The van der Waals surface area contributed by atoms with Gasteiger partial charge in [0.05, 0.1) is 0 Å². The number of hydrogen-bond acceptors (Lipinski definition) is 1. The zero-order valence-corrected chi connectivity index (χ0v) is 14.1. The number of halogens is 1. The van der Waals surface area contributed by atoms with Gasteiger partial charge in [-0.25, -0.2) is 0 Å². The molecular weight excluding hydrogens is 280 g/mol. The summed E-state index contributed by atoms with van der Waals surface area (Å²) in [5.41, 5.74) is 2.02. The number of carbonyl (C=O) groups is 1. The van der Waals surface area contributed by atoms with Crippen molar-refractivity contribution in [2.45, 2.75) is 70.6 Å². The molecule has 0 aromatic rings. The molecule has 0 radical (unpaired) electrons. The van der Waals surface area contributed by atoms with Crippen molar-refractivity contribution in [1.29, 1.82) is 0 Å². The van der Waals surface area contributed by atoms with Gasteiger partial charge in [0, 0.05) is 17.2 Å². The molecule has 0 N–H and O–H groups in total. The number of fused-ring (bicyclic) bond motifs is 5. The number of rotatable bonds is 0. The predicted molar refractivity (Wildman–Crippen MR) is 86.4 cm³/mol. The highest BCUT2D eigenvalue weighted by Gasteiger charge is 2.58. The Labute approximate surface area is 133 Å². The van der Waals surface area contributed by atoms with Crippen LogP contribution in [0.4, 0.5) is 0 Å². The topological polar surface area (TPSA) is 17.1 Å². The molecule has 0 unspecified atom stereocenters. The van der Waals surface area contributed by atoms with Crippen molar-refractivity contribution >= 4 is 17.4 Å². The number of carbonyl (C=O) groups excluding carboxylic acids is 1. The molecule has 3 saturated carbocycles. The normalized spacial score (nSPS) is 52.7. The van der Waals surface area contributed by atoms with Gasteiger partial charge in [-0.1, -0.05) is 25.5 Å². The van der Waals surface area contributed by atoms with E-state index < -0.39 is 0 Å². The summed E-state index contributed by atoms with van der Waals surface area (Å²) in [6.07, 6.45) is 11.6. The molecule has 0 aromatic carbocycles. The van der Waals surface area contributed by atoms with E-state index in [9.17, 15) is 4.79 Å². The van der Waals surface area contributed by atoms with E-state index >= 15 is 0 Å². The van der Waals surface area contributed by atoms with E-state index in [4.69, 9.17) is 11.6 Å². The molecule has 6 atom stereocenters. The van der Waals surface area contributed by atoms with Gasteiger partial charge in [-0.3, -0.25) is 4.79 Å². The summed E-state index contributed by atoms with van der Waals surface area (Å²) in [6.45, 7) is 4.76. The third-order valence-corrected chi connectivity index (χ3v) is 8.13. The average Bonchev–Trinajstić information content (AvgIpc) is 2.76. The molecule has 2 heteroatoms. The lowest BCUT2D eigenvalue weighted by atomic mass is 9.48. The summed E-state index contributed by atoms with van der Waals surface area (Å²) in [4.78, 5) is 12.4. The summed E-state index contributed by atoms with van der Waals surface area (Å²) >= 11 is 6.42. The summed E-state index contributed by atoms with van der Waals surface area (Å²) in [5, 5.41) is 0.350. The molecular formula is C19H27ClO. The van der Waals surface area contributed by atoms with Crippen LogP contribution >= 0.6 is 11.6 Å². The molecule has 0 saturated heterocycles. The van der Waals surface area contributed by atoms with Gasteiger partial charge in [-0.05, 0) is 68.1 Å². The third kappa shape index (κ3) is 1.85. The first-order valence-corrected chi connectivity index (χ1v) is 9.26. The molecule has 3 fully saturated rings. The van der Waals surface area contributed by atoms with Crippen molar-refractivity contribution in [3.8, 4) is 0 Å². The van der Waals surface area contributed by atoms with Crippen LogP contribution in [0.25, 0.3) is 0 Å². The third-order valence-electron chi connectivity index (χ3n) is 7.75. The van der Waals surface area contributed by atoms with Crippen LogP contribution in [0.15, 0.2) is 11.6 Å². The molecule has 116 valence electrons. The van der Waals surface area contributed by atoms with Crippen LogP contribution in [0.5, 0.6) is 0 Å². The minimum Gasteiger partial charge on any atom is -0.299 e. The lowest BCUT2D eigenvalue weighted by Gasteiger charge is -2.56. The Morgan fingerprint density at radius 1 is 1.10 bits per heavy atom. The maximum Gasteiger partial charge on any atom is 0.139 e. The van der Waals surface area contributed by atoms with Gasteiger partial charge < -0.3 is 0 Å². The molecule has 0 aromatic heterocycles. The Hall–Kier alpha value is -0.300. The highest BCUT2D eigenvalue weighted by Crippen LogP contribution is 2.64. The Morgan fingerprint density at radius 3 is 2.62 bits per heavy atom. The van der Waals surface area contributed by atoms with Gasteiger partial charge in [0.15, 0.2) is 0 Å². The fraction of sp³-hybridized carbons (Fsp3) is 0.842. The molecule has 21 heavy (non-hydrogen) atoms. The highest BCUT2D eigenvalue weighted by molar-refractivity contribution is 6.20. The fourth-order valence-corrected chi connectivity index (χ4v) is 6.66. The van der Waals surface area contributed by atoms with Gasteiger partial charge in [-0.15, -0.1) is 11.6 Å². The first kappa shape index (κ1) is 14.3. The Kier molecular flexibility index (Phi) is 3.13. The minimum atomic E-state index is 0.00650. The zero-order chi connectivity index (χ0) is 14.8. The largest absolute Gasteiger partial charge is 0.299 e. The van der Waals surface area contributed by atoms with Crippen LogP contribution in [0.1, 0.15) is 65.2 Å². The van der Waals surface area contributed by atoms with Crippen molar-refractivity contribution in [2.24, 2.45) is 28.6 Å². The number of alkyl halides is 1. The summed E-state index contributed by atoms with van der Waals surface area (Å²) in [5.74, 6) is 2.74. The average molecular weight is 307 g/mol. The fourth-order valence-electron chi connectivity index (χ4n) is 6.39. The first-order valence-electron chi connectivity index (χ1n) is 8.82. The Bertz CT molecular complexity index is 510. The lowest BCUT2D eigenvalue weighted by molar-refractivity contribution is -0.131. The lowest BCUT2D eigenvalue weighted by Crippen LogP contribution is -2.50. The summed E-state index contributed by atoms with van der Waals surface area (Å²) < 4.78 is 0. The van der Waals surface area contributed by atoms with Crippen LogP contribution < -0.4 is 0 Å². The quantitative estimate of drug-likeness (QED) is 0.448. The molecule has 0 bridgehead atoms. The van der Waals surface area contributed by atoms with E-state index in [1.165, 1.54) is 25.7 Å². The van der Waals surface area contributed by atoms with Crippen molar-refractivity contribution in [1.82, 2.24) is 0 Å². The zero-order valence-electron chi connectivity index (χ0n) is 13.3. The monoisotopic (exact) mass is 306 g/mol. The Morgan fingerprint density at radius 2 is 1.81 bits per heavy atom. The number of hydrogen-bond donors (Lipinski definition) is 0. The molecule has 4 rings (SSSR count). The van der Waals surface area contributed by atoms with E-state index in [1.54, 1.807) is 5.57 Å². The van der Waals surface area contributed by atoms with Gasteiger partial charge in [0.2, 0.25) is 0 Å². The van der Waals surface area contributed by atoms with E-state index in [0.717, 1.165) is 37.5 Å². The van der Waals surface area contributed by atoms with Crippen LogP contribution in [0, 0.1) is 28.6 Å². The van der Waals surface area contributed by atoms with E-state index in [-0.39, 0.29) is 5.41 Å². The van der Waals surface area contributed by atoms with Crippen LogP contribution in [-0.2, 0) is 4.79 Å². The Balaban J connectivity index is 1.69. The van der Waals surface area contributed by atoms with Crippen molar-refractivity contribution < 1.29 is 4.79 Å². The molecule has 0 spiro atoms. The SMILES string of the molecule is C[C@]12CC[C@H](Cl)CC1=CC[C@H]1[C@H]2CC[C@]2(C)C(=O)CC[C@@H]12. The first-order chi connectivity index (χ1) is 9.95. The number of allylic oxidation sites excluding steroid dienone is 2. The van der Waals surface area contributed by atoms with Gasteiger partial charge in [0.25, 0.3) is 0 Å². The molecule has 4 aliphatic carbocycles. The number of Topliss-reactive ketones (excluding diaryl/α,β-unsaturated/α-hetero) is 1.